The summed E-state index contributed by atoms with van der Waals surface area (Å²) in [6.07, 6.45) is 1.77. The molecule has 0 fully saturated rings. The lowest BCUT2D eigenvalue weighted by molar-refractivity contribution is 0.304. The first-order valence-electron chi connectivity index (χ1n) is 6.22. The van der Waals surface area contributed by atoms with E-state index in [2.05, 4.69) is 9.97 Å². The Morgan fingerprint density at radius 1 is 1.05 bits per heavy atom. The van der Waals surface area contributed by atoms with Crippen molar-refractivity contribution in [2.75, 3.05) is 0 Å². The zero-order valence-corrected chi connectivity index (χ0v) is 10.7. The SMILES string of the molecule is Cc1cc(OCc2ccccn2)c2ccccc2n1. The number of rotatable bonds is 3. The maximum Gasteiger partial charge on any atom is 0.131 e. The predicted octanol–water partition coefficient (Wildman–Crippen LogP) is 3.52. The molecule has 0 aliphatic heterocycles. The number of hydrogen-bond acceptors (Lipinski definition) is 3. The molecule has 3 heteroatoms. The fourth-order valence-electron chi connectivity index (χ4n) is 2.02. The summed E-state index contributed by atoms with van der Waals surface area (Å²) in [5, 5.41) is 1.03. The van der Waals surface area contributed by atoms with Crippen LogP contribution in [-0.4, -0.2) is 9.97 Å². The number of pyridine rings is 2. The van der Waals surface area contributed by atoms with Crippen LogP contribution in [0.25, 0.3) is 10.9 Å². The molecule has 0 radical (unpaired) electrons. The fourth-order valence-corrected chi connectivity index (χ4v) is 2.02. The molecular weight excluding hydrogens is 236 g/mol. The van der Waals surface area contributed by atoms with Gasteiger partial charge < -0.3 is 4.74 Å². The van der Waals surface area contributed by atoms with Gasteiger partial charge in [-0.05, 0) is 31.2 Å². The lowest BCUT2D eigenvalue weighted by Gasteiger charge is -2.09. The van der Waals surface area contributed by atoms with E-state index in [0.717, 1.165) is 28.0 Å². The highest BCUT2D eigenvalue weighted by atomic mass is 16.5. The highest BCUT2D eigenvalue weighted by molar-refractivity contribution is 5.85. The second-order valence-electron chi connectivity index (χ2n) is 4.39. The Morgan fingerprint density at radius 3 is 2.74 bits per heavy atom. The molecule has 0 amide bonds. The lowest BCUT2D eigenvalue weighted by Crippen LogP contribution is -1.99. The van der Waals surface area contributed by atoms with Gasteiger partial charge in [0.25, 0.3) is 0 Å². The number of nitrogens with zero attached hydrogens (tertiary/aromatic N) is 2. The Morgan fingerprint density at radius 2 is 1.89 bits per heavy atom. The van der Waals surface area contributed by atoms with Crippen molar-refractivity contribution in [3.8, 4) is 5.75 Å². The van der Waals surface area contributed by atoms with E-state index in [-0.39, 0.29) is 0 Å². The van der Waals surface area contributed by atoms with Crippen molar-refractivity contribution in [3.05, 3.63) is 66.1 Å². The van der Waals surface area contributed by atoms with Crippen molar-refractivity contribution in [1.82, 2.24) is 9.97 Å². The Labute approximate surface area is 111 Å². The van der Waals surface area contributed by atoms with Gasteiger partial charge in [-0.3, -0.25) is 9.97 Å². The quantitative estimate of drug-likeness (QED) is 0.713. The van der Waals surface area contributed by atoms with Crippen LogP contribution >= 0.6 is 0 Å². The summed E-state index contributed by atoms with van der Waals surface area (Å²) in [6, 6.07) is 15.8. The van der Waals surface area contributed by atoms with Crippen molar-refractivity contribution in [3.63, 3.8) is 0 Å². The highest BCUT2D eigenvalue weighted by Crippen LogP contribution is 2.25. The van der Waals surface area contributed by atoms with Crippen LogP contribution in [-0.2, 0) is 6.61 Å². The van der Waals surface area contributed by atoms with Gasteiger partial charge in [0.2, 0.25) is 0 Å². The minimum Gasteiger partial charge on any atom is -0.487 e. The van der Waals surface area contributed by atoms with Crippen molar-refractivity contribution >= 4 is 10.9 Å². The van der Waals surface area contributed by atoms with Crippen LogP contribution in [0.15, 0.2) is 54.7 Å². The lowest BCUT2D eigenvalue weighted by atomic mass is 10.2. The summed E-state index contributed by atoms with van der Waals surface area (Å²) < 4.78 is 5.88. The summed E-state index contributed by atoms with van der Waals surface area (Å²) in [4.78, 5) is 8.75. The average Bonchev–Trinajstić information content (AvgIpc) is 2.45. The zero-order valence-electron chi connectivity index (χ0n) is 10.7. The molecule has 3 nitrogen and oxygen atoms in total. The van der Waals surface area contributed by atoms with E-state index in [9.17, 15) is 0 Å². The van der Waals surface area contributed by atoms with Crippen molar-refractivity contribution in [1.29, 1.82) is 0 Å². The van der Waals surface area contributed by atoms with E-state index in [1.807, 2.05) is 55.5 Å². The average molecular weight is 250 g/mol. The number of ether oxygens (including phenoxy) is 1. The van der Waals surface area contributed by atoms with Gasteiger partial charge in [-0.15, -0.1) is 0 Å². The first kappa shape index (κ1) is 11.7. The van der Waals surface area contributed by atoms with E-state index >= 15 is 0 Å². The Hall–Kier alpha value is -2.42. The predicted molar refractivity (Wildman–Crippen MR) is 75.0 cm³/mol. The van der Waals surface area contributed by atoms with Gasteiger partial charge in [-0.1, -0.05) is 18.2 Å². The fraction of sp³-hybridized carbons (Fsp3) is 0.125. The summed E-state index contributed by atoms with van der Waals surface area (Å²) in [5.41, 5.74) is 2.83. The second-order valence-corrected chi connectivity index (χ2v) is 4.39. The van der Waals surface area contributed by atoms with E-state index in [1.165, 1.54) is 0 Å². The first-order chi connectivity index (χ1) is 9.33. The van der Waals surface area contributed by atoms with E-state index in [0.29, 0.717) is 6.61 Å². The maximum absolute atomic E-state index is 5.88. The third kappa shape index (κ3) is 2.55. The van der Waals surface area contributed by atoms with Gasteiger partial charge >= 0.3 is 0 Å². The van der Waals surface area contributed by atoms with Crippen LogP contribution in [0.5, 0.6) is 5.75 Å². The van der Waals surface area contributed by atoms with Crippen LogP contribution < -0.4 is 4.74 Å². The molecule has 3 rings (SSSR count). The summed E-state index contributed by atoms with van der Waals surface area (Å²) >= 11 is 0. The minimum atomic E-state index is 0.467. The molecule has 19 heavy (non-hydrogen) atoms. The maximum atomic E-state index is 5.88. The number of benzene rings is 1. The Balaban J connectivity index is 1.92. The molecule has 2 heterocycles. The standard InChI is InChI=1S/C16H14N2O/c1-12-10-16(14-7-2-3-8-15(14)18-12)19-11-13-6-4-5-9-17-13/h2-10H,11H2,1H3. The molecular formula is C16H14N2O. The molecule has 0 aliphatic rings. The Kier molecular flexibility index (Phi) is 3.11. The summed E-state index contributed by atoms with van der Waals surface area (Å²) in [7, 11) is 0. The monoisotopic (exact) mass is 250 g/mol. The molecule has 0 saturated carbocycles. The van der Waals surface area contributed by atoms with Gasteiger partial charge in [-0.2, -0.15) is 0 Å². The van der Waals surface area contributed by atoms with E-state index < -0.39 is 0 Å². The molecule has 1 aromatic carbocycles. The number of para-hydroxylation sites is 1. The summed E-state index contributed by atoms with van der Waals surface area (Å²) in [5.74, 6) is 0.855. The molecule has 0 spiro atoms. The van der Waals surface area contributed by atoms with Crippen LogP contribution in [0.2, 0.25) is 0 Å². The van der Waals surface area contributed by atoms with Crippen LogP contribution in [0.3, 0.4) is 0 Å². The molecule has 0 N–H and O–H groups in total. The van der Waals surface area contributed by atoms with Gasteiger partial charge in [0.05, 0.1) is 11.2 Å². The smallest absolute Gasteiger partial charge is 0.131 e. The van der Waals surface area contributed by atoms with Crippen LogP contribution in [0.1, 0.15) is 11.4 Å². The molecule has 2 aromatic heterocycles. The number of aryl methyl sites for hydroxylation is 1. The first-order valence-corrected chi connectivity index (χ1v) is 6.22. The van der Waals surface area contributed by atoms with Crippen molar-refractivity contribution in [2.45, 2.75) is 13.5 Å². The topological polar surface area (TPSA) is 35.0 Å². The normalized spacial score (nSPS) is 10.6. The Bertz CT molecular complexity index is 695. The molecule has 0 atom stereocenters. The summed E-state index contributed by atoms with van der Waals surface area (Å²) in [6.45, 7) is 2.44. The highest BCUT2D eigenvalue weighted by Gasteiger charge is 2.05. The van der Waals surface area contributed by atoms with Gasteiger partial charge in [0, 0.05) is 23.3 Å². The second kappa shape index (κ2) is 5.06. The van der Waals surface area contributed by atoms with E-state index in [4.69, 9.17) is 4.74 Å². The van der Waals surface area contributed by atoms with Crippen LogP contribution in [0, 0.1) is 6.92 Å². The number of hydrogen-bond donors (Lipinski definition) is 0. The molecule has 0 bridgehead atoms. The number of aromatic nitrogens is 2. The third-order valence-electron chi connectivity index (χ3n) is 2.91. The van der Waals surface area contributed by atoms with Crippen molar-refractivity contribution < 1.29 is 4.74 Å². The van der Waals surface area contributed by atoms with Crippen molar-refractivity contribution in [2.24, 2.45) is 0 Å². The van der Waals surface area contributed by atoms with Gasteiger partial charge in [0.15, 0.2) is 0 Å². The molecule has 94 valence electrons. The third-order valence-corrected chi connectivity index (χ3v) is 2.91. The molecule has 0 aliphatic carbocycles. The van der Waals surface area contributed by atoms with Gasteiger partial charge in [0.1, 0.15) is 12.4 Å². The molecule has 3 aromatic rings. The van der Waals surface area contributed by atoms with Crippen LogP contribution in [0.4, 0.5) is 0 Å². The molecule has 0 unspecified atom stereocenters. The van der Waals surface area contributed by atoms with E-state index in [1.54, 1.807) is 6.20 Å². The zero-order chi connectivity index (χ0) is 13.1. The largest absolute Gasteiger partial charge is 0.487 e. The minimum absolute atomic E-state index is 0.467. The van der Waals surface area contributed by atoms with Gasteiger partial charge in [-0.25, -0.2) is 0 Å². The number of fused-ring (bicyclic) bond motifs is 1. The molecule has 0 saturated heterocycles.